The first kappa shape index (κ1) is 12.3. The molecule has 0 atom stereocenters. The SMILES string of the molecule is S=C=C(c1ccc(Cl)cc1)c1ccc(Cl)cc1. The molecule has 2 aromatic rings. The summed E-state index contributed by atoms with van der Waals surface area (Å²) in [5.41, 5.74) is 2.85. The van der Waals surface area contributed by atoms with Gasteiger partial charge >= 0.3 is 0 Å². The van der Waals surface area contributed by atoms with Gasteiger partial charge in [-0.3, -0.25) is 0 Å². The summed E-state index contributed by atoms with van der Waals surface area (Å²) < 4.78 is 0. The van der Waals surface area contributed by atoms with Crippen molar-refractivity contribution in [2.75, 3.05) is 0 Å². The fraction of sp³-hybridized carbons (Fsp3) is 0. The molecule has 17 heavy (non-hydrogen) atoms. The van der Waals surface area contributed by atoms with E-state index in [1.807, 2.05) is 48.5 Å². The zero-order valence-corrected chi connectivity index (χ0v) is 11.1. The Morgan fingerprint density at radius 3 is 1.41 bits per heavy atom. The molecule has 0 N–H and O–H groups in total. The van der Waals surface area contributed by atoms with E-state index in [0.29, 0.717) is 10.0 Å². The molecule has 0 saturated carbocycles. The first-order valence-electron chi connectivity index (χ1n) is 4.97. The number of hydrogen-bond acceptors (Lipinski definition) is 1. The highest BCUT2D eigenvalue weighted by Crippen LogP contribution is 2.23. The average Bonchev–Trinajstić information content (AvgIpc) is 2.35. The monoisotopic (exact) mass is 278 g/mol. The van der Waals surface area contributed by atoms with Gasteiger partial charge in [0.2, 0.25) is 0 Å². The minimum atomic E-state index is 0.702. The molecular formula is C14H8Cl2S. The van der Waals surface area contributed by atoms with Crippen molar-refractivity contribution in [3.05, 3.63) is 69.7 Å². The van der Waals surface area contributed by atoms with E-state index < -0.39 is 0 Å². The molecule has 0 nitrogen and oxygen atoms in total. The van der Waals surface area contributed by atoms with Crippen LogP contribution in [0.3, 0.4) is 0 Å². The molecule has 0 fully saturated rings. The third kappa shape index (κ3) is 2.96. The molecule has 0 spiro atoms. The summed E-state index contributed by atoms with van der Waals surface area (Å²) in [6.07, 6.45) is 0. The molecule has 0 bridgehead atoms. The van der Waals surface area contributed by atoms with Crippen molar-refractivity contribution in [3.8, 4) is 0 Å². The van der Waals surface area contributed by atoms with E-state index in [2.05, 4.69) is 5.02 Å². The quantitative estimate of drug-likeness (QED) is 0.695. The van der Waals surface area contributed by atoms with Gasteiger partial charge in [-0.05, 0) is 52.6 Å². The summed E-state index contributed by atoms with van der Waals surface area (Å²) in [5.74, 6) is 0. The van der Waals surface area contributed by atoms with E-state index in [9.17, 15) is 0 Å². The first-order chi connectivity index (χ1) is 8.20. The number of benzene rings is 2. The van der Waals surface area contributed by atoms with Crippen molar-refractivity contribution in [2.24, 2.45) is 0 Å². The molecule has 0 radical (unpaired) electrons. The molecule has 0 aliphatic heterocycles. The lowest BCUT2D eigenvalue weighted by molar-refractivity contribution is 1.57. The van der Waals surface area contributed by atoms with Crippen molar-refractivity contribution >= 4 is 46.0 Å². The summed E-state index contributed by atoms with van der Waals surface area (Å²) in [5, 5.41) is 4.19. The zero-order chi connectivity index (χ0) is 12.3. The van der Waals surface area contributed by atoms with Gasteiger partial charge in [0, 0.05) is 15.6 Å². The van der Waals surface area contributed by atoms with Gasteiger partial charge in [0.05, 0.1) is 0 Å². The van der Waals surface area contributed by atoms with Crippen LogP contribution in [-0.4, -0.2) is 5.02 Å². The maximum Gasteiger partial charge on any atom is 0.0425 e. The molecule has 0 heterocycles. The number of halogens is 2. The lowest BCUT2D eigenvalue weighted by Gasteiger charge is -2.05. The fourth-order valence-corrected chi connectivity index (χ4v) is 2.01. The number of hydrogen-bond donors (Lipinski definition) is 0. The smallest absolute Gasteiger partial charge is 0.0425 e. The number of thiocarbonyl (C=S) groups is 1. The van der Waals surface area contributed by atoms with E-state index in [1.165, 1.54) is 0 Å². The molecule has 84 valence electrons. The molecule has 2 aromatic carbocycles. The van der Waals surface area contributed by atoms with Gasteiger partial charge in [-0.25, -0.2) is 0 Å². The van der Waals surface area contributed by atoms with Gasteiger partial charge in [0.15, 0.2) is 0 Å². The Kier molecular flexibility index (Phi) is 3.98. The van der Waals surface area contributed by atoms with Crippen molar-refractivity contribution in [3.63, 3.8) is 0 Å². The summed E-state index contributed by atoms with van der Waals surface area (Å²) in [6.45, 7) is 0. The Balaban J connectivity index is 2.44. The predicted octanol–water partition coefficient (Wildman–Crippen LogP) is 5.02. The Hall–Kier alpha value is -1.11. The van der Waals surface area contributed by atoms with Crippen LogP contribution in [0.15, 0.2) is 48.5 Å². The second-order valence-corrected chi connectivity index (χ2v) is 4.57. The molecule has 0 unspecified atom stereocenters. The first-order valence-corrected chi connectivity index (χ1v) is 6.14. The Morgan fingerprint density at radius 2 is 1.12 bits per heavy atom. The van der Waals surface area contributed by atoms with Crippen LogP contribution in [0.25, 0.3) is 5.57 Å². The molecular weight excluding hydrogens is 271 g/mol. The van der Waals surface area contributed by atoms with Crippen LogP contribution >= 0.6 is 35.4 Å². The van der Waals surface area contributed by atoms with E-state index in [-0.39, 0.29) is 0 Å². The Labute approximate surface area is 115 Å². The second kappa shape index (κ2) is 5.48. The summed E-state index contributed by atoms with van der Waals surface area (Å²) in [4.78, 5) is 0. The molecule has 0 saturated heterocycles. The minimum absolute atomic E-state index is 0.702. The van der Waals surface area contributed by atoms with Gasteiger partial charge < -0.3 is 0 Å². The zero-order valence-electron chi connectivity index (χ0n) is 8.78. The van der Waals surface area contributed by atoms with E-state index >= 15 is 0 Å². The standard InChI is InChI=1S/C14H8Cl2S/c15-12-5-1-10(2-6-12)14(9-17)11-3-7-13(16)8-4-11/h1-8H. The van der Waals surface area contributed by atoms with Gasteiger partial charge in [0.25, 0.3) is 0 Å². The topological polar surface area (TPSA) is 0 Å². The van der Waals surface area contributed by atoms with Crippen LogP contribution in [0.1, 0.15) is 11.1 Å². The molecule has 2 rings (SSSR count). The second-order valence-electron chi connectivity index (χ2n) is 3.49. The van der Waals surface area contributed by atoms with Crippen molar-refractivity contribution in [2.45, 2.75) is 0 Å². The molecule has 0 aliphatic carbocycles. The maximum absolute atomic E-state index is 5.85. The summed E-state index contributed by atoms with van der Waals surface area (Å²) >= 11 is 16.7. The Morgan fingerprint density at radius 1 is 0.765 bits per heavy atom. The van der Waals surface area contributed by atoms with Crippen LogP contribution in [0.5, 0.6) is 0 Å². The molecule has 3 heteroatoms. The summed E-state index contributed by atoms with van der Waals surface area (Å²) in [6, 6.07) is 15.0. The van der Waals surface area contributed by atoms with Gasteiger partial charge in [-0.15, -0.1) is 0 Å². The van der Waals surface area contributed by atoms with Crippen molar-refractivity contribution < 1.29 is 0 Å². The van der Waals surface area contributed by atoms with E-state index in [0.717, 1.165) is 16.7 Å². The Bertz CT molecular complexity index is 517. The van der Waals surface area contributed by atoms with E-state index in [1.54, 1.807) is 0 Å². The lowest BCUT2D eigenvalue weighted by atomic mass is 10.00. The largest absolute Gasteiger partial charge is 0.0843 e. The van der Waals surface area contributed by atoms with Crippen LogP contribution < -0.4 is 0 Å². The predicted molar refractivity (Wildman–Crippen MR) is 78.0 cm³/mol. The van der Waals surface area contributed by atoms with Crippen LogP contribution in [0.4, 0.5) is 0 Å². The van der Waals surface area contributed by atoms with Crippen molar-refractivity contribution in [1.29, 1.82) is 0 Å². The average molecular weight is 279 g/mol. The highest BCUT2D eigenvalue weighted by atomic mass is 35.5. The van der Waals surface area contributed by atoms with Gasteiger partial charge in [-0.1, -0.05) is 47.5 Å². The van der Waals surface area contributed by atoms with Gasteiger partial charge in [-0.2, -0.15) is 0 Å². The molecule has 0 aromatic heterocycles. The highest BCUT2D eigenvalue weighted by Gasteiger charge is 2.04. The maximum atomic E-state index is 5.85. The van der Waals surface area contributed by atoms with E-state index in [4.69, 9.17) is 35.4 Å². The third-order valence-electron chi connectivity index (χ3n) is 2.37. The van der Waals surface area contributed by atoms with Crippen molar-refractivity contribution in [1.82, 2.24) is 0 Å². The lowest BCUT2D eigenvalue weighted by Crippen LogP contribution is -1.87. The molecule has 0 aliphatic rings. The fourth-order valence-electron chi connectivity index (χ4n) is 1.52. The number of rotatable bonds is 2. The minimum Gasteiger partial charge on any atom is -0.0843 e. The van der Waals surface area contributed by atoms with Gasteiger partial charge in [0.1, 0.15) is 0 Å². The van der Waals surface area contributed by atoms with Crippen LogP contribution in [0.2, 0.25) is 10.0 Å². The normalized spacial score (nSPS) is 9.76. The summed E-state index contributed by atoms with van der Waals surface area (Å²) in [7, 11) is 0. The molecule has 0 amide bonds. The van der Waals surface area contributed by atoms with Crippen LogP contribution in [0, 0.1) is 0 Å². The third-order valence-corrected chi connectivity index (χ3v) is 3.08. The van der Waals surface area contributed by atoms with Crippen LogP contribution in [-0.2, 0) is 0 Å². The highest BCUT2D eigenvalue weighted by molar-refractivity contribution is 7.78.